The summed E-state index contributed by atoms with van der Waals surface area (Å²) in [4.78, 5) is 0. The number of hydrogen-bond donors (Lipinski definition) is 2. The first-order valence-electron chi connectivity index (χ1n) is 5.70. The Labute approximate surface area is 102 Å². The first kappa shape index (κ1) is 12.4. The number of benzene rings is 1. The molecule has 1 aliphatic rings. The van der Waals surface area contributed by atoms with Crippen LogP contribution in [0.3, 0.4) is 0 Å². The average molecular weight is 254 g/mol. The molecule has 0 bridgehead atoms. The third-order valence-corrected chi connectivity index (χ3v) is 4.43. The van der Waals surface area contributed by atoms with Crippen molar-refractivity contribution in [1.29, 1.82) is 0 Å². The van der Waals surface area contributed by atoms with E-state index >= 15 is 0 Å². The Kier molecular flexibility index (Phi) is 3.14. The van der Waals surface area contributed by atoms with Crippen LogP contribution < -0.4 is 10.5 Å². The Balaban J connectivity index is 1.97. The summed E-state index contributed by atoms with van der Waals surface area (Å²) in [6, 6.07) is 6.98. The number of nitrogens with one attached hydrogen (secondary N) is 1. The van der Waals surface area contributed by atoms with Crippen LogP contribution in [0.15, 0.2) is 24.3 Å². The van der Waals surface area contributed by atoms with Gasteiger partial charge in [-0.25, -0.2) is 13.1 Å². The molecule has 0 aliphatic heterocycles. The minimum atomic E-state index is -3.25. The number of nitrogens with two attached hydrogens (primary N) is 1. The molecular weight excluding hydrogens is 236 g/mol. The van der Waals surface area contributed by atoms with Crippen molar-refractivity contribution in [2.24, 2.45) is 5.41 Å². The molecule has 4 nitrogen and oxygen atoms in total. The second kappa shape index (κ2) is 4.31. The van der Waals surface area contributed by atoms with E-state index in [1.807, 2.05) is 0 Å². The Morgan fingerprint density at radius 1 is 1.41 bits per heavy atom. The van der Waals surface area contributed by atoms with Crippen molar-refractivity contribution in [1.82, 2.24) is 4.72 Å². The van der Waals surface area contributed by atoms with Gasteiger partial charge >= 0.3 is 0 Å². The first-order valence-corrected chi connectivity index (χ1v) is 7.36. The molecule has 1 aliphatic carbocycles. The van der Waals surface area contributed by atoms with Gasteiger partial charge < -0.3 is 5.73 Å². The molecule has 0 heterocycles. The van der Waals surface area contributed by atoms with E-state index in [2.05, 4.69) is 11.6 Å². The van der Waals surface area contributed by atoms with Crippen molar-refractivity contribution < 1.29 is 8.42 Å². The van der Waals surface area contributed by atoms with E-state index in [0.29, 0.717) is 12.2 Å². The molecule has 0 spiro atoms. The monoisotopic (exact) mass is 254 g/mol. The van der Waals surface area contributed by atoms with Crippen molar-refractivity contribution in [3.63, 3.8) is 0 Å². The number of nitrogen functional groups attached to an aromatic ring is 1. The minimum absolute atomic E-state index is 0.00583. The fraction of sp³-hybridized carbons (Fsp3) is 0.500. The Morgan fingerprint density at radius 2 is 2.12 bits per heavy atom. The summed E-state index contributed by atoms with van der Waals surface area (Å²) in [5.41, 5.74) is 7.11. The summed E-state index contributed by atoms with van der Waals surface area (Å²) in [6.45, 7) is 2.63. The van der Waals surface area contributed by atoms with Gasteiger partial charge in [0.2, 0.25) is 10.0 Å². The lowest BCUT2D eigenvalue weighted by Crippen LogP contribution is -2.30. The molecule has 94 valence electrons. The number of rotatable bonds is 5. The molecular formula is C12H18N2O2S. The molecule has 0 aromatic heterocycles. The highest BCUT2D eigenvalue weighted by molar-refractivity contribution is 7.88. The van der Waals surface area contributed by atoms with E-state index in [9.17, 15) is 8.42 Å². The molecule has 0 unspecified atom stereocenters. The fourth-order valence-electron chi connectivity index (χ4n) is 1.63. The predicted molar refractivity (Wildman–Crippen MR) is 68.8 cm³/mol. The lowest BCUT2D eigenvalue weighted by molar-refractivity contribution is 0.530. The van der Waals surface area contributed by atoms with Gasteiger partial charge in [-0.3, -0.25) is 0 Å². The van der Waals surface area contributed by atoms with Crippen molar-refractivity contribution in [3.8, 4) is 0 Å². The van der Waals surface area contributed by atoms with Gasteiger partial charge in [0.05, 0.1) is 5.75 Å². The lowest BCUT2D eigenvalue weighted by atomic mass is 10.2. The lowest BCUT2D eigenvalue weighted by Gasteiger charge is -2.11. The molecule has 3 N–H and O–H groups in total. The molecule has 2 rings (SSSR count). The molecule has 0 radical (unpaired) electrons. The Bertz CT molecular complexity index is 507. The van der Waals surface area contributed by atoms with Crippen molar-refractivity contribution in [2.45, 2.75) is 25.5 Å². The van der Waals surface area contributed by atoms with Gasteiger partial charge in [-0.15, -0.1) is 0 Å². The van der Waals surface area contributed by atoms with Crippen LogP contribution in [-0.2, 0) is 15.8 Å². The molecule has 1 saturated carbocycles. The highest BCUT2D eigenvalue weighted by atomic mass is 32.2. The van der Waals surface area contributed by atoms with Crippen LogP contribution in [0.5, 0.6) is 0 Å². The number of hydrogen-bond acceptors (Lipinski definition) is 3. The molecule has 5 heteroatoms. The summed E-state index contributed by atoms with van der Waals surface area (Å²) >= 11 is 0. The zero-order valence-corrected chi connectivity index (χ0v) is 10.8. The van der Waals surface area contributed by atoms with E-state index in [0.717, 1.165) is 18.4 Å². The van der Waals surface area contributed by atoms with E-state index in [1.165, 1.54) is 0 Å². The third-order valence-electron chi connectivity index (χ3n) is 3.13. The predicted octanol–water partition coefficient (Wildman–Crippen LogP) is 1.49. The van der Waals surface area contributed by atoms with Gasteiger partial charge in [0.15, 0.2) is 0 Å². The Hall–Kier alpha value is -1.07. The van der Waals surface area contributed by atoms with Gasteiger partial charge in [-0.1, -0.05) is 19.1 Å². The molecule has 1 fully saturated rings. The first-order chi connectivity index (χ1) is 7.89. The maximum Gasteiger partial charge on any atom is 0.215 e. The minimum Gasteiger partial charge on any atom is -0.399 e. The van der Waals surface area contributed by atoms with Gasteiger partial charge in [-0.2, -0.15) is 0 Å². The fourth-order valence-corrected chi connectivity index (χ4v) is 2.92. The molecule has 0 saturated heterocycles. The van der Waals surface area contributed by atoms with Crippen molar-refractivity contribution >= 4 is 15.7 Å². The smallest absolute Gasteiger partial charge is 0.215 e. The van der Waals surface area contributed by atoms with Crippen LogP contribution in [0, 0.1) is 5.41 Å². The van der Waals surface area contributed by atoms with Crippen LogP contribution in [0.25, 0.3) is 0 Å². The molecule has 17 heavy (non-hydrogen) atoms. The summed E-state index contributed by atoms with van der Waals surface area (Å²) in [5.74, 6) is -0.00583. The molecule has 1 aromatic rings. The average Bonchev–Trinajstić information content (AvgIpc) is 2.94. The van der Waals surface area contributed by atoms with Crippen LogP contribution in [0.2, 0.25) is 0 Å². The number of sulfonamides is 1. The molecule has 1 aromatic carbocycles. The maximum atomic E-state index is 11.8. The topological polar surface area (TPSA) is 72.2 Å². The van der Waals surface area contributed by atoms with Gasteiger partial charge in [0.25, 0.3) is 0 Å². The van der Waals surface area contributed by atoms with E-state index in [-0.39, 0.29) is 11.2 Å². The largest absolute Gasteiger partial charge is 0.399 e. The van der Waals surface area contributed by atoms with E-state index in [4.69, 9.17) is 5.73 Å². The number of anilines is 1. The van der Waals surface area contributed by atoms with Gasteiger partial charge in [0.1, 0.15) is 0 Å². The SMILES string of the molecule is CC1(CNS(=O)(=O)Cc2cccc(N)c2)CC1. The third kappa shape index (κ3) is 3.71. The van der Waals surface area contributed by atoms with Gasteiger partial charge in [-0.05, 0) is 36.0 Å². The van der Waals surface area contributed by atoms with Crippen LogP contribution in [0.1, 0.15) is 25.3 Å². The van der Waals surface area contributed by atoms with E-state index < -0.39 is 10.0 Å². The Morgan fingerprint density at radius 3 is 2.71 bits per heavy atom. The zero-order chi connectivity index (χ0) is 12.5. The quantitative estimate of drug-likeness (QED) is 0.782. The maximum absolute atomic E-state index is 11.8. The summed E-state index contributed by atoms with van der Waals surface area (Å²) in [6.07, 6.45) is 2.21. The second-order valence-electron chi connectivity index (χ2n) is 5.14. The standard InChI is InChI=1S/C12H18N2O2S/c1-12(5-6-12)9-14-17(15,16)8-10-3-2-4-11(13)7-10/h2-4,7,14H,5-6,8-9,13H2,1H3. The van der Waals surface area contributed by atoms with Crippen LogP contribution in [0.4, 0.5) is 5.69 Å². The van der Waals surface area contributed by atoms with Crippen LogP contribution in [-0.4, -0.2) is 15.0 Å². The summed E-state index contributed by atoms with van der Waals surface area (Å²) in [5, 5.41) is 0. The normalized spacial score (nSPS) is 17.9. The van der Waals surface area contributed by atoms with Crippen molar-refractivity contribution in [3.05, 3.63) is 29.8 Å². The van der Waals surface area contributed by atoms with Crippen LogP contribution >= 0.6 is 0 Å². The highest BCUT2D eigenvalue weighted by Crippen LogP contribution is 2.44. The second-order valence-corrected chi connectivity index (χ2v) is 6.94. The van der Waals surface area contributed by atoms with E-state index in [1.54, 1.807) is 24.3 Å². The summed E-state index contributed by atoms with van der Waals surface area (Å²) in [7, 11) is -3.25. The zero-order valence-electron chi connectivity index (χ0n) is 9.94. The molecule has 0 atom stereocenters. The molecule has 0 amide bonds. The van der Waals surface area contributed by atoms with Gasteiger partial charge in [0, 0.05) is 12.2 Å². The summed E-state index contributed by atoms with van der Waals surface area (Å²) < 4.78 is 26.3. The highest BCUT2D eigenvalue weighted by Gasteiger charge is 2.37. The van der Waals surface area contributed by atoms with Crippen molar-refractivity contribution in [2.75, 3.05) is 12.3 Å².